The fraction of sp³-hybridized carbons (Fsp3) is 1.00. The van der Waals surface area contributed by atoms with Gasteiger partial charge in [0.2, 0.25) is 0 Å². The van der Waals surface area contributed by atoms with Gasteiger partial charge < -0.3 is 0 Å². The summed E-state index contributed by atoms with van der Waals surface area (Å²) in [6.45, 7) is 0. The van der Waals surface area contributed by atoms with Crippen LogP contribution >= 0.6 is 23.2 Å². The van der Waals surface area contributed by atoms with Gasteiger partial charge in [-0.1, -0.05) is 19.3 Å². The fourth-order valence-corrected chi connectivity index (χ4v) is 1.89. The average Bonchev–Trinajstić information content (AvgIpc) is 1.90. The van der Waals surface area contributed by atoms with Crippen molar-refractivity contribution in [2.24, 2.45) is 5.92 Å². The van der Waals surface area contributed by atoms with Gasteiger partial charge in [0.15, 0.2) is 0 Å². The van der Waals surface area contributed by atoms with Gasteiger partial charge in [0.1, 0.15) is 4.84 Å². The molecule has 9 heavy (non-hydrogen) atoms. The molecule has 0 nitrogen and oxygen atoms in total. The number of alkyl halides is 2. The van der Waals surface area contributed by atoms with E-state index in [-0.39, 0.29) is 4.84 Å². The predicted molar refractivity (Wildman–Crippen MR) is 42.1 cm³/mol. The van der Waals surface area contributed by atoms with Gasteiger partial charge in [0, 0.05) is 0 Å². The summed E-state index contributed by atoms with van der Waals surface area (Å²) in [7, 11) is 0. The minimum Gasteiger partial charge on any atom is -0.105 e. The summed E-state index contributed by atoms with van der Waals surface area (Å²) in [5, 5.41) is 0. The van der Waals surface area contributed by atoms with Gasteiger partial charge in [-0.25, -0.2) is 0 Å². The molecule has 0 aromatic rings. The Hall–Kier alpha value is 0.580. The molecule has 1 aliphatic rings. The van der Waals surface area contributed by atoms with Crippen molar-refractivity contribution in [3.05, 3.63) is 0 Å². The highest BCUT2D eigenvalue weighted by atomic mass is 35.5. The Morgan fingerprint density at radius 2 is 1.56 bits per heavy atom. The summed E-state index contributed by atoms with van der Waals surface area (Å²) in [6.07, 6.45) is 6.48. The van der Waals surface area contributed by atoms with E-state index in [9.17, 15) is 0 Å². The standard InChI is InChI=1S/C7H12Cl2/c8-7(9)6-4-2-1-3-5-6/h6-7H,1-5H2. The molecule has 0 atom stereocenters. The molecule has 0 aromatic carbocycles. The highest BCUT2D eigenvalue weighted by Crippen LogP contribution is 2.30. The van der Waals surface area contributed by atoms with Crippen molar-refractivity contribution in [1.82, 2.24) is 0 Å². The van der Waals surface area contributed by atoms with Crippen LogP contribution in [0.5, 0.6) is 0 Å². The highest BCUT2D eigenvalue weighted by molar-refractivity contribution is 6.44. The lowest BCUT2D eigenvalue weighted by Gasteiger charge is -2.21. The van der Waals surface area contributed by atoms with Gasteiger partial charge in [-0.15, -0.1) is 23.2 Å². The molecule has 1 fully saturated rings. The molecule has 0 heterocycles. The van der Waals surface area contributed by atoms with Crippen molar-refractivity contribution in [3.8, 4) is 0 Å². The fourth-order valence-electron chi connectivity index (χ4n) is 1.39. The Morgan fingerprint density at radius 3 is 1.89 bits per heavy atom. The van der Waals surface area contributed by atoms with E-state index in [2.05, 4.69) is 0 Å². The van der Waals surface area contributed by atoms with Crippen LogP contribution in [0.4, 0.5) is 0 Å². The topological polar surface area (TPSA) is 0 Å². The lowest BCUT2D eigenvalue weighted by molar-refractivity contribution is 0.376. The molecule has 0 unspecified atom stereocenters. The molecule has 0 aromatic heterocycles. The predicted octanol–water partition coefficient (Wildman–Crippen LogP) is 3.37. The number of hydrogen-bond donors (Lipinski definition) is 0. The van der Waals surface area contributed by atoms with Crippen LogP contribution in [-0.2, 0) is 0 Å². The van der Waals surface area contributed by atoms with Gasteiger partial charge in [0.25, 0.3) is 0 Å². The van der Waals surface area contributed by atoms with Gasteiger partial charge in [-0.3, -0.25) is 0 Å². The third-order valence-electron chi connectivity index (χ3n) is 2.01. The van der Waals surface area contributed by atoms with Crippen LogP contribution in [0.15, 0.2) is 0 Å². The van der Waals surface area contributed by atoms with Crippen LogP contribution in [0.2, 0.25) is 0 Å². The summed E-state index contributed by atoms with van der Waals surface area (Å²) in [5.41, 5.74) is 0. The van der Waals surface area contributed by atoms with Crippen LogP contribution in [-0.4, -0.2) is 4.84 Å². The van der Waals surface area contributed by atoms with E-state index in [4.69, 9.17) is 23.2 Å². The quantitative estimate of drug-likeness (QED) is 0.525. The second-order valence-corrected chi connectivity index (χ2v) is 3.90. The van der Waals surface area contributed by atoms with E-state index in [1.807, 2.05) is 0 Å². The van der Waals surface area contributed by atoms with Crippen LogP contribution < -0.4 is 0 Å². The van der Waals surface area contributed by atoms with Crippen LogP contribution in [0.25, 0.3) is 0 Å². The highest BCUT2D eigenvalue weighted by Gasteiger charge is 2.18. The summed E-state index contributed by atoms with van der Waals surface area (Å²) in [5.74, 6) is 0.585. The first-order valence-corrected chi connectivity index (χ1v) is 4.46. The van der Waals surface area contributed by atoms with E-state index in [0.29, 0.717) is 5.92 Å². The molecule has 1 saturated carbocycles. The summed E-state index contributed by atoms with van der Waals surface area (Å²) in [4.78, 5) is -0.120. The zero-order chi connectivity index (χ0) is 6.69. The Kier molecular flexibility index (Phi) is 3.14. The summed E-state index contributed by atoms with van der Waals surface area (Å²) in [6, 6.07) is 0. The Morgan fingerprint density at radius 1 is 1.00 bits per heavy atom. The normalized spacial score (nSPS) is 23.0. The number of rotatable bonds is 1. The lowest BCUT2D eigenvalue weighted by Crippen LogP contribution is -2.12. The van der Waals surface area contributed by atoms with Gasteiger partial charge in [0.05, 0.1) is 0 Å². The van der Waals surface area contributed by atoms with E-state index in [1.165, 1.54) is 32.1 Å². The largest absolute Gasteiger partial charge is 0.110 e. The molecule has 0 spiro atoms. The average molecular weight is 167 g/mol. The molecular weight excluding hydrogens is 155 g/mol. The first kappa shape index (κ1) is 7.68. The molecule has 0 saturated heterocycles. The van der Waals surface area contributed by atoms with Gasteiger partial charge >= 0.3 is 0 Å². The zero-order valence-corrected chi connectivity index (χ0v) is 6.96. The van der Waals surface area contributed by atoms with Gasteiger partial charge in [-0.2, -0.15) is 0 Å². The maximum absolute atomic E-state index is 5.72. The molecule has 1 rings (SSSR count). The number of halogens is 2. The maximum Gasteiger partial charge on any atom is 0.110 e. The first-order chi connectivity index (χ1) is 4.30. The smallest absolute Gasteiger partial charge is 0.105 e. The molecule has 1 aliphatic carbocycles. The maximum atomic E-state index is 5.72. The third-order valence-corrected chi connectivity index (χ3v) is 2.72. The summed E-state index contributed by atoms with van der Waals surface area (Å²) >= 11 is 11.4. The molecule has 0 amide bonds. The second kappa shape index (κ2) is 3.68. The molecule has 0 radical (unpaired) electrons. The third kappa shape index (κ3) is 2.35. The first-order valence-electron chi connectivity index (χ1n) is 3.59. The Labute approximate surface area is 66.5 Å². The second-order valence-electron chi connectivity index (χ2n) is 2.73. The molecule has 2 heteroatoms. The van der Waals surface area contributed by atoms with Crippen LogP contribution in [0, 0.1) is 5.92 Å². The van der Waals surface area contributed by atoms with Crippen molar-refractivity contribution in [1.29, 1.82) is 0 Å². The van der Waals surface area contributed by atoms with Crippen molar-refractivity contribution >= 4 is 23.2 Å². The van der Waals surface area contributed by atoms with Crippen LogP contribution in [0.1, 0.15) is 32.1 Å². The molecule has 0 aliphatic heterocycles. The molecular formula is C7H12Cl2. The van der Waals surface area contributed by atoms with Gasteiger partial charge in [-0.05, 0) is 18.8 Å². The summed E-state index contributed by atoms with van der Waals surface area (Å²) < 4.78 is 0. The van der Waals surface area contributed by atoms with Crippen molar-refractivity contribution in [2.45, 2.75) is 36.9 Å². The molecule has 0 N–H and O–H groups in total. The SMILES string of the molecule is ClC(Cl)C1CCCCC1. The zero-order valence-electron chi connectivity index (χ0n) is 5.45. The van der Waals surface area contributed by atoms with Crippen LogP contribution in [0.3, 0.4) is 0 Å². The van der Waals surface area contributed by atoms with Crippen molar-refractivity contribution < 1.29 is 0 Å². The van der Waals surface area contributed by atoms with E-state index in [1.54, 1.807) is 0 Å². The molecule has 54 valence electrons. The number of hydrogen-bond acceptors (Lipinski definition) is 0. The molecule has 0 bridgehead atoms. The minimum absolute atomic E-state index is 0.120. The van der Waals surface area contributed by atoms with E-state index < -0.39 is 0 Å². The van der Waals surface area contributed by atoms with E-state index >= 15 is 0 Å². The minimum atomic E-state index is -0.120. The monoisotopic (exact) mass is 166 g/mol. The van der Waals surface area contributed by atoms with Crippen molar-refractivity contribution in [3.63, 3.8) is 0 Å². The van der Waals surface area contributed by atoms with Crippen molar-refractivity contribution in [2.75, 3.05) is 0 Å². The Balaban J connectivity index is 2.23. The Bertz CT molecular complexity index is 75.0. The van der Waals surface area contributed by atoms with E-state index in [0.717, 1.165) is 0 Å². The lowest BCUT2D eigenvalue weighted by atomic mass is 9.91.